The summed E-state index contributed by atoms with van der Waals surface area (Å²) in [5.41, 5.74) is 1.62. The molecule has 0 aliphatic carbocycles. The summed E-state index contributed by atoms with van der Waals surface area (Å²) in [6.45, 7) is 9.35. The Morgan fingerprint density at radius 1 is 1.33 bits per heavy atom. The molecule has 0 spiro atoms. The minimum absolute atomic E-state index is 0.0597. The number of furan rings is 1. The maximum atomic E-state index is 11.9. The summed E-state index contributed by atoms with van der Waals surface area (Å²) >= 11 is 1.50. The number of hydrogen-bond donors (Lipinski definition) is 0. The Hall–Kier alpha value is -1.75. The second-order valence-corrected chi connectivity index (χ2v) is 5.86. The molecular formula is C16H20N2O2S. The zero-order valence-corrected chi connectivity index (χ0v) is 13.7. The third-order valence-corrected chi connectivity index (χ3v) is 4.15. The molecule has 0 radical (unpaired) electrons. The van der Waals surface area contributed by atoms with Crippen molar-refractivity contribution >= 4 is 23.2 Å². The zero-order chi connectivity index (χ0) is 15.4. The number of Topliss-reactive ketones (excluding diaryl/α,β-unsaturated/α-hetero) is 1. The molecule has 0 saturated carbocycles. The zero-order valence-electron chi connectivity index (χ0n) is 12.8. The molecule has 2 heterocycles. The predicted octanol–water partition coefficient (Wildman–Crippen LogP) is 4.18. The van der Waals surface area contributed by atoms with Crippen molar-refractivity contribution in [3.63, 3.8) is 0 Å². The van der Waals surface area contributed by atoms with Gasteiger partial charge in [0.1, 0.15) is 17.0 Å². The first-order chi connectivity index (χ1) is 10.0. The van der Waals surface area contributed by atoms with E-state index in [0.717, 1.165) is 40.0 Å². The quantitative estimate of drug-likeness (QED) is 0.749. The molecule has 0 N–H and O–H groups in total. The van der Waals surface area contributed by atoms with Crippen LogP contribution in [0, 0.1) is 6.92 Å². The first kappa shape index (κ1) is 15.6. The molecule has 21 heavy (non-hydrogen) atoms. The maximum Gasteiger partial charge on any atom is 0.162 e. The molecule has 0 unspecified atom stereocenters. The number of rotatable bonds is 6. The number of ketones is 1. The van der Waals surface area contributed by atoms with Crippen LogP contribution in [0.15, 0.2) is 38.9 Å². The number of aryl methyl sites for hydroxylation is 1. The molecule has 5 heteroatoms. The second-order valence-electron chi connectivity index (χ2n) is 4.76. The highest BCUT2D eigenvalue weighted by atomic mass is 32.2. The lowest BCUT2D eigenvalue weighted by Gasteiger charge is -2.23. The molecule has 0 fully saturated rings. The van der Waals surface area contributed by atoms with E-state index >= 15 is 0 Å². The van der Waals surface area contributed by atoms with Crippen molar-refractivity contribution in [3.05, 3.63) is 35.9 Å². The molecule has 0 bridgehead atoms. The highest BCUT2D eigenvalue weighted by Gasteiger charge is 2.14. The van der Waals surface area contributed by atoms with E-state index in [1.165, 1.54) is 11.8 Å². The third-order valence-electron chi connectivity index (χ3n) is 3.27. The lowest BCUT2D eigenvalue weighted by molar-refractivity contribution is 0.101. The van der Waals surface area contributed by atoms with Crippen LogP contribution in [0.25, 0.3) is 0 Å². The van der Waals surface area contributed by atoms with Gasteiger partial charge in [0.25, 0.3) is 0 Å². The number of hydrogen-bond acceptors (Lipinski definition) is 5. The lowest BCUT2D eigenvalue weighted by Crippen LogP contribution is -2.24. The number of aromatic nitrogens is 1. The Morgan fingerprint density at radius 2 is 2.05 bits per heavy atom. The molecule has 0 aromatic carbocycles. The van der Waals surface area contributed by atoms with Gasteiger partial charge in [-0.1, -0.05) is 11.8 Å². The van der Waals surface area contributed by atoms with Gasteiger partial charge in [0.2, 0.25) is 0 Å². The molecule has 2 aromatic rings. The molecule has 0 amide bonds. The van der Waals surface area contributed by atoms with Crippen molar-refractivity contribution in [2.24, 2.45) is 0 Å². The van der Waals surface area contributed by atoms with E-state index in [1.807, 2.05) is 19.1 Å². The van der Waals surface area contributed by atoms with Crippen molar-refractivity contribution < 1.29 is 9.21 Å². The predicted molar refractivity (Wildman–Crippen MR) is 85.4 cm³/mol. The molecule has 0 atom stereocenters. The smallest absolute Gasteiger partial charge is 0.162 e. The fourth-order valence-corrected chi connectivity index (χ4v) is 3.02. The van der Waals surface area contributed by atoms with Gasteiger partial charge in [0, 0.05) is 18.7 Å². The van der Waals surface area contributed by atoms with Crippen molar-refractivity contribution in [2.75, 3.05) is 18.0 Å². The van der Waals surface area contributed by atoms with E-state index in [0.29, 0.717) is 0 Å². The van der Waals surface area contributed by atoms with E-state index in [1.54, 1.807) is 19.4 Å². The normalized spacial score (nSPS) is 10.7. The van der Waals surface area contributed by atoms with Crippen LogP contribution in [0.3, 0.4) is 0 Å². The number of pyridine rings is 1. The Bertz CT molecular complexity index is 633. The SMILES string of the molecule is CCN(CC)c1cnc(Sc2coc(C)c2)cc1C(C)=O. The largest absolute Gasteiger partial charge is 0.468 e. The first-order valence-corrected chi connectivity index (χ1v) is 7.85. The van der Waals surface area contributed by atoms with Gasteiger partial charge in [0.05, 0.1) is 16.8 Å². The Morgan fingerprint density at radius 3 is 2.57 bits per heavy atom. The van der Waals surface area contributed by atoms with Crippen LogP contribution in [0.1, 0.15) is 36.9 Å². The second kappa shape index (κ2) is 6.80. The molecule has 0 aliphatic heterocycles. The van der Waals surface area contributed by atoms with Crippen LogP contribution in [0.5, 0.6) is 0 Å². The highest BCUT2D eigenvalue weighted by Crippen LogP contribution is 2.31. The summed E-state index contributed by atoms with van der Waals surface area (Å²) in [6.07, 6.45) is 3.49. The molecular weight excluding hydrogens is 284 g/mol. The van der Waals surface area contributed by atoms with Crippen LogP contribution in [-0.2, 0) is 0 Å². The average molecular weight is 304 g/mol. The van der Waals surface area contributed by atoms with Crippen molar-refractivity contribution in [1.82, 2.24) is 4.98 Å². The van der Waals surface area contributed by atoms with E-state index in [2.05, 4.69) is 23.7 Å². The molecule has 0 aliphatic rings. The highest BCUT2D eigenvalue weighted by molar-refractivity contribution is 7.99. The average Bonchev–Trinajstić information content (AvgIpc) is 2.86. The van der Waals surface area contributed by atoms with Crippen LogP contribution in [0.4, 0.5) is 5.69 Å². The number of carbonyl (C=O) groups is 1. The van der Waals surface area contributed by atoms with Crippen LogP contribution in [0.2, 0.25) is 0 Å². The minimum atomic E-state index is 0.0597. The van der Waals surface area contributed by atoms with Gasteiger partial charge < -0.3 is 9.32 Å². The minimum Gasteiger partial charge on any atom is -0.468 e. The summed E-state index contributed by atoms with van der Waals surface area (Å²) in [6, 6.07) is 3.82. The van der Waals surface area contributed by atoms with Gasteiger partial charge in [-0.25, -0.2) is 4.98 Å². The Balaban J connectivity index is 2.33. The number of carbonyl (C=O) groups excluding carboxylic acids is 1. The van der Waals surface area contributed by atoms with E-state index < -0.39 is 0 Å². The van der Waals surface area contributed by atoms with E-state index in [-0.39, 0.29) is 5.78 Å². The summed E-state index contributed by atoms with van der Waals surface area (Å²) in [5.74, 6) is 0.925. The number of nitrogens with zero attached hydrogens (tertiary/aromatic N) is 2. The molecule has 112 valence electrons. The molecule has 0 saturated heterocycles. The van der Waals surface area contributed by atoms with Gasteiger partial charge in [0.15, 0.2) is 5.78 Å². The van der Waals surface area contributed by atoms with Crippen LogP contribution in [-0.4, -0.2) is 23.9 Å². The van der Waals surface area contributed by atoms with Crippen molar-refractivity contribution in [1.29, 1.82) is 0 Å². The molecule has 2 rings (SSSR count). The van der Waals surface area contributed by atoms with Crippen LogP contribution >= 0.6 is 11.8 Å². The number of anilines is 1. The molecule has 4 nitrogen and oxygen atoms in total. The first-order valence-electron chi connectivity index (χ1n) is 7.04. The lowest BCUT2D eigenvalue weighted by atomic mass is 10.1. The monoisotopic (exact) mass is 304 g/mol. The fraction of sp³-hybridized carbons (Fsp3) is 0.375. The van der Waals surface area contributed by atoms with Gasteiger partial charge in [-0.05, 0) is 39.8 Å². The Labute approximate surface area is 129 Å². The topological polar surface area (TPSA) is 46.3 Å². The fourth-order valence-electron chi connectivity index (χ4n) is 2.18. The van der Waals surface area contributed by atoms with E-state index in [4.69, 9.17) is 4.42 Å². The summed E-state index contributed by atoms with van der Waals surface area (Å²) < 4.78 is 5.29. The van der Waals surface area contributed by atoms with Crippen molar-refractivity contribution in [2.45, 2.75) is 37.6 Å². The van der Waals surface area contributed by atoms with Crippen LogP contribution < -0.4 is 4.90 Å². The molecule has 2 aromatic heterocycles. The summed E-state index contributed by atoms with van der Waals surface area (Å²) in [4.78, 5) is 19.5. The summed E-state index contributed by atoms with van der Waals surface area (Å²) in [7, 11) is 0. The van der Waals surface area contributed by atoms with Gasteiger partial charge in [-0.15, -0.1) is 0 Å². The summed E-state index contributed by atoms with van der Waals surface area (Å²) in [5, 5.41) is 0.803. The maximum absolute atomic E-state index is 11.9. The third kappa shape index (κ3) is 3.67. The van der Waals surface area contributed by atoms with E-state index in [9.17, 15) is 4.79 Å². The Kier molecular flexibility index (Phi) is 5.07. The van der Waals surface area contributed by atoms with Crippen molar-refractivity contribution in [3.8, 4) is 0 Å². The van der Waals surface area contributed by atoms with Gasteiger partial charge >= 0.3 is 0 Å². The standard InChI is InChI=1S/C16H20N2O2S/c1-5-18(6-2)15-9-17-16(8-14(15)12(4)19)21-13-7-11(3)20-10-13/h7-10H,5-6H2,1-4H3. The van der Waals surface area contributed by atoms with Gasteiger partial charge in [-0.2, -0.15) is 0 Å². The van der Waals surface area contributed by atoms with Gasteiger partial charge in [-0.3, -0.25) is 4.79 Å².